The van der Waals surface area contributed by atoms with E-state index in [1.54, 1.807) is 18.2 Å². The average Bonchev–Trinajstić information content (AvgIpc) is 2.80. The summed E-state index contributed by atoms with van der Waals surface area (Å²) in [7, 11) is 4.23. The van der Waals surface area contributed by atoms with Gasteiger partial charge in [0, 0.05) is 18.4 Å². The standard InChI is InChI=1S/C25H25Cl2N7O/c1-33(2)13-14-6-7-15-8-9-17(11-16(15)10-14)30-24-29-12-18-22(28)34(25(35)32-23(18)31-24)21-19(26)4-3-5-20(21)27/h3-5,8-9,11-12,14,28H,6-7,10,13H2,1-2H3,(H2,29,30,31,32,35). The number of aryl methyl sites for hydroxylation is 1. The number of hydrogen-bond donors (Lipinski definition) is 3. The SMILES string of the molecule is CN(C)CC1CCc2ccc(Nc3ncc4c(=N)n(-c5c(Cl)cccc5Cl)c(=O)[nH]c4n3)cc2C1. The van der Waals surface area contributed by atoms with Crippen LogP contribution < -0.4 is 16.5 Å². The number of rotatable bonds is 5. The Morgan fingerprint density at radius 2 is 1.97 bits per heavy atom. The number of anilines is 2. The molecule has 0 radical (unpaired) electrons. The maximum absolute atomic E-state index is 12.9. The van der Waals surface area contributed by atoms with Crippen molar-refractivity contribution in [3.63, 3.8) is 0 Å². The second-order valence-electron chi connectivity index (χ2n) is 9.12. The molecule has 2 heterocycles. The van der Waals surface area contributed by atoms with Gasteiger partial charge in [-0.25, -0.2) is 14.3 Å². The zero-order valence-electron chi connectivity index (χ0n) is 19.4. The van der Waals surface area contributed by atoms with Crippen LogP contribution in [0.5, 0.6) is 0 Å². The Kier molecular flexibility index (Phi) is 6.35. The third-order valence-electron chi connectivity index (χ3n) is 6.27. The van der Waals surface area contributed by atoms with Crippen LogP contribution in [0.4, 0.5) is 11.6 Å². The van der Waals surface area contributed by atoms with Crippen LogP contribution in [-0.4, -0.2) is 45.1 Å². The highest BCUT2D eigenvalue weighted by atomic mass is 35.5. The lowest BCUT2D eigenvalue weighted by atomic mass is 9.83. The average molecular weight is 510 g/mol. The van der Waals surface area contributed by atoms with E-state index in [-0.39, 0.29) is 26.9 Å². The number of benzene rings is 2. The number of hydrogen-bond acceptors (Lipinski definition) is 6. The molecule has 4 aromatic rings. The summed E-state index contributed by atoms with van der Waals surface area (Å²) in [5.41, 5.74) is 3.43. The van der Waals surface area contributed by atoms with Crippen molar-refractivity contribution in [2.75, 3.05) is 26.0 Å². The van der Waals surface area contributed by atoms with Crippen LogP contribution in [0.15, 0.2) is 47.4 Å². The van der Waals surface area contributed by atoms with Gasteiger partial charge in [0.15, 0.2) is 5.65 Å². The minimum atomic E-state index is -0.567. The normalized spacial score (nSPS) is 15.4. The van der Waals surface area contributed by atoms with Crippen molar-refractivity contribution in [1.29, 1.82) is 5.41 Å². The van der Waals surface area contributed by atoms with Crippen molar-refractivity contribution in [1.82, 2.24) is 24.4 Å². The van der Waals surface area contributed by atoms with Gasteiger partial charge in [-0.3, -0.25) is 10.4 Å². The first-order valence-electron chi connectivity index (χ1n) is 11.3. The Labute approximate surface area is 212 Å². The molecule has 0 saturated carbocycles. The molecule has 0 fully saturated rings. The number of nitrogens with zero attached hydrogens (tertiary/aromatic N) is 4. The van der Waals surface area contributed by atoms with Gasteiger partial charge >= 0.3 is 5.69 Å². The van der Waals surface area contributed by atoms with Gasteiger partial charge < -0.3 is 10.2 Å². The largest absolute Gasteiger partial charge is 0.333 e. The zero-order chi connectivity index (χ0) is 24.7. The summed E-state index contributed by atoms with van der Waals surface area (Å²) in [6, 6.07) is 11.2. The van der Waals surface area contributed by atoms with E-state index in [1.165, 1.54) is 23.7 Å². The van der Waals surface area contributed by atoms with Gasteiger partial charge in [-0.15, -0.1) is 0 Å². The maximum Gasteiger partial charge on any atom is 0.333 e. The van der Waals surface area contributed by atoms with E-state index in [1.807, 2.05) is 6.07 Å². The molecule has 2 aromatic carbocycles. The van der Waals surface area contributed by atoms with E-state index in [2.05, 4.69) is 51.4 Å². The number of halogens is 2. The van der Waals surface area contributed by atoms with Crippen LogP contribution in [0.2, 0.25) is 10.0 Å². The van der Waals surface area contributed by atoms with Crippen molar-refractivity contribution in [3.05, 3.63) is 79.7 Å². The minimum Gasteiger partial charge on any atom is -0.324 e. The number of para-hydroxylation sites is 1. The Balaban J connectivity index is 1.47. The van der Waals surface area contributed by atoms with Gasteiger partial charge in [0.1, 0.15) is 5.49 Å². The third-order valence-corrected chi connectivity index (χ3v) is 6.88. The van der Waals surface area contributed by atoms with Crippen LogP contribution in [0.1, 0.15) is 17.5 Å². The molecule has 3 N–H and O–H groups in total. The Morgan fingerprint density at radius 3 is 2.71 bits per heavy atom. The van der Waals surface area contributed by atoms with Crippen LogP contribution >= 0.6 is 23.2 Å². The lowest BCUT2D eigenvalue weighted by Crippen LogP contribution is -2.34. The van der Waals surface area contributed by atoms with E-state index in [4.69, 9.17) is 28.6 Å². The zero-order valence-corrected chi connectivity index (χ0v) is 20.9. The highest BCUT2D eigenvalue weighted by Gasteiger charge is 2.20. The molecule has 0 amide bonds. The molecule has 5 rings (SSSR count). The molecule has 2 aromatic heterocycles. The number of aromatic amines is 1. The molecule has 180 valence electrons. The van der Waals surface area contributed by atoms with Crippen molar-refractivity contribution in [3.8, 4) is 5.69 Å². The Hall–Kier alpha value is -3.20. The summed E-state index contributed by atoms with van der Waals surface area (Å²) in [5, 5.41) is 12.7. The molecule has 8 nitrogen and oxygen atoms in total. The van der Waals surface area contributed by atoms with E-state index in [0.29, 0.717) is 17.3 Å². The van der Waals surface area contributed by atoms with Gasteiger partial charge in [0.05, 0.1) is 21.1 Å². The first kappa shape index (κ1) is 23.5. The first-order chi connectivity index (χ1) is 16.8. The van der Waals surface area contributed by atoms with Gasteiger partial charge in [0.2, 0.25) is 5.95 Å². The van der Waals surface area contributed by atoms with Crippen LogP contribution in [0.3, 0.4) is 0 Å². The molecule has 0 bridgehead atoms. The fourth-order valence-electron chi connectivity index (χ4n) is 4.72. The van der Waals surface area contributed by atoms with Crippen molar-refractivity contribution in [2.45, 2.75) is 19.3 Å². The molecular weight excluding hydrogens is 485 g/mol. The van der Waals surface area contributed by atoms with Crippen LogP contribution in [0, 0.1) is 11.3 Å². The van der Waals surface area contributed by atoms with Gasteiger partial charge in [-0.05, 0) is 74.7 Å². The van der Waals surface area contributed by atoms with Gasteiger partial charge in [-0.1, -0.05) is 35.3 Å². The lowest BCUT2D eigenvalue weighted by Gasteiger charge is -2.27. The number of nitrogens with one attached hydrogen (secondary N) is 3. The smallest absolute Gasteiger partial charge is 0.324 e. The van der Waals surface area contributed by atoms with Crippen molar-refractivity contribution < 1.29 is 0 Å². The molecule has 1 atom stereocenters. The fourth-order valence-corrected chi connectivity index (χ4v) is 5.28. The topological polar surface area (TPSA) is 103 Å². The van der Waals surface area contributed by atoms with Crippen molar-refractivity contribution in [2.24, 2.45) is 5.92 Å². The molecule has 10 heteroatoms. The molecule has 1 aliphatic rings. The minimum absolute atomic E-state index is 0.106. The fraction of sp³-hybridized carbons (Fsp3) is 0.280. The van der Waals surface area contributed by atoms with Crippen LogP contribution in [0.25, 0.3) is 16.7 Å². The molecule has 0 spiro atoms. The van der Waals surface area contributed by atoms with E-state index >= 15 is 0 Å². The van der Waals surface area contributed by atoms with Crippen molar-refractivity contribution >= 4 is 45.9 Å². The van der Waals surface area contributed by atoms with Gasteiger partial charge in [0.25, 0.3) is 0 Å². The monoisotopic (exact) mass is 509 g/mol. The van der Waals surface area contributed by atoms with E-state index in [9.17, 15) is 4.79 Å². The second kappa shape index (κ2) is 9.45. The highest BCUT2D eigenvalue weighted by molar-refractivity contribution is 6.37. The van der Waals surface area contributed by atoms with E-state index in [0.717, 1.165) is 29.6 Å². The molecule has 0 aliphatic heterocycles. The highest BCUT2D eigenvalue weighted by Crippen LogP contribution is 2.29. The predicted molar refractivity (Wildman–Crippen MR) is 139 cm³/mol. The number of aromatic nitrogens is 4. The Bertz CT molecular complexity index is 1520. The number of H-pyrrole nitrogens is 1. The second-order valence-corrected chi connectivity index (χ2v) is 9.93. The third kappa shape index (κ3) is 4.69. The maximum atomic E-state index is 12.9. The quantitative estimate of drug-likeness (QED) is 0.372. The number of fused-ring (bicyclic) bond motifs is 2. The molecule has 35 heavy (non-hydrogen) atoms. The lowest BCUT2D eigenvalue weighted by molar-refractivity contribution is 0.303. The summed E-state index contributed by atoms with van der Waals surface area (Å²) in [6.45, 7) is 1.08. The summed E-state index contributed by atoms with van der Waals surface area (Å²) < 4.78 is 1.12. The molecule has 1 unspecified atom stereocenters. The summed E-state index contributed by atoms with van der Waals surface area (Å²) in [5.74, 6) is 0.977. The van der Waals surface area contributed by atoms with Gasteiger partial charge in [-0.2, -0.15) is 4.98 Å². The molecule has 1 aliphatic carbocycles. The summed E-state index contributed by atoms with van der Waals surface area (Å²) >= 11 is 12.5. The van der Waals surface area contributed by atoms with E-state index < -0.39 is 5.69 Å². The molecular formula is C25H25Cl2N7O. The predicted octanol–water partition coefficient (Wildman–Crippen LogP) is 4.31. The summed E-state index contributed by atoms with van der Waals surface area (Å²) in [6.07, 6.45) is 4.84. The Morgan fingerprint density at radius 1 is 1.20 bits per heavy atom. The molecule has 0 saturated heterocycles. The van der Waals surface area contributed by atoms with Crippen LogP contribution in [-0.2, 0) is 12.8 Å². The first-order valence-corrected chi connectivity index (χ1v) is 12.1. The summed E-state index contributed by atoms with van der Waals surface area (Å²) in [4.78, 5) is 26.7.